The number of benzene rings is 1. The zero-order chi connectivity index (χ0) is 10.7. The third-order valence-electron chi connectivity index (χ3n) is 2.69. The van der Waals surface area contributed by atoms with Crippen molar-refractivity contribution >= 4 is 0 Å². The van der Waals surface area contributed by atoms with Crippen LogP contribution in [0, 0.1) is 0 Å². The Hall–Kier alpha value is -1.06. The van der Waals surface area contributed by atoms with Gasteiger partial charge in [0.05, 0.1) is 6.10 Å². The fourth-order valence-electron chi connectivity index (χ4n) is 1.81. The quantitative estimate of drug-likeness (QED) is 0.815. The molecular weight excluding hydrogens is 190 g/mol. The Labute approximate surface area is 90.2 Å². The van der Waals surface area contributed by atoms with Gasteiger partial charge in [0.2, 0.25) is 0 Å². The molecule has 3 heteroatoms. The van der Waals surface area contributed by atoms with Crippen LogP contribution in [0.25, 0.3) is 0 Å². The number of nitrogens with two attached hydrogens (primary N) is 1. The van der Waals surface area contributed by atoms with Gasteiger partial charge in [-0.2, -0.15) is 0 Å². The third-order valence-corrected chi connectivity index (χ3v) is 2.69. The lowest BCUT2D eigenvalue weighted by Gasteiger charge is -2.41. The minimum absolute atomic E-state index is 0.00681. The summed E-state index contributed by atoms with van der Waals surface area (Å²) >= 11 is 0. The van der Waals surface area contributed by atoms with Gasteiger partial charge in [0.1, 0.15) is 11.9 Å². The minimum atomic E-state index is 0.00681. The average molecular weight is 207 g/mol. The molecule has 15 heavy (non-hydrogen) atoms. The van der Waals surface area contributed by atoms with E-state index in [1.165, 1.54) is 0 Å². The van der Waals surface area contributed by atoms with Gasteiger partial charge >= 0.3 is 0 Å². The highest BCUT2D eigenvalue weighted by molar-refractivity contribution is 5.22. The van der Waals surface area contributed by atoms with E-state index in [2.05, 4.69) is 0 Å². The number of hydrogen-bond acceptors (Lipinski definition) is 3. The zero-order valence-electron chi connectivity index (χ0n) is 8.93. The molecule has 3 nitrogen and oxygen atoms in total. The second kappa shape index (κ2) is 4.64. The summed E-state index contributed by atoms with van der Waals surface area (Å²) in [6.07, 6.45) is 1.06. The van der Waals surface area contributed by atoms with Crippen LogP contribution in [0.1, 0.15) is 13.3 Å². The summed E-state index contributed by atoms with van der Waals surface area (Å²) in [5.74, 6) is 0.863. The van der Waals surface area contributed by atoms with E-state index in [-0.39, 0.29) is 18.2 Å². The molecule has 0 heterocycles. The van der Waals surface area contributed by atoms with Crippen molar-refractivity contribution in [3.8, 4) is 5.75 Å². The molecule has 0 aromatic heterocycles. The molecule has 0 radical (unpaired) electrons. The fraction of sp³-hybridized carbons (Fsp3) is 0.500. The summed E-state index contributed by atoms with van der Waals surface area (Å²) in [6, 6.07) is 9.85. The van der Waals surface area contributed by atoms with Crippen molar-refractivity contribution < 1.29 is 9.47 Å². The van der Waals surface area contributed by atoms with Gasteiger partial charge in [0.15, 0.2) is 0 Å². The normalized spacial score (nSPS) is 29.6. The summed E-state index contributed by atoms with van der Waals surface area (Å²) in [4.78, 5) is 0. The second-order valence-corrected chi connectivity index (χ2v) is 3.79. The molecule has 0 saturated heterocycles. The molecule has 0 spiro atoms. The first-order valence-electron chi connectivity index (χ1n) is 5.40. The Bertz CT molecular complexity index is 300. The molecule has 82 valence electrons. The molecule has 0 amide bonds. The lowest BCUT2D eigenvalue weighted by molar-refractivity contribution is -0.0930. The van der Waals surface area contributed by atoms with Gasteiger partial charge in [0, 0.05) is 12.6 Å². The molecule has 0 bridgehead atoms. The Morgan fingerprint density at radius 2 is 2.07 bits per heavy atom. The van der Waals surface area contributed by atoms with E-state index in [9.17, 15) is 0 Å². The average Bonchev–Trinajstić information content (AvgIpc) is 2.27. The van der Waals surface area contributed by atoms with Gasteiger partial charge in [-0.1, -0.05) is 18.2 Å². The molecule has 0 aliphatic heterocycles. The molecule has 1 aliphatic carbocycles. The van der Waals surface area contributed by atoms with E-state index in [0.29, 0.717) is 6.61 Å². The van der Waals surface area contributed by atoms with E-state index < -0.39 is 0 Å². The van der Waals surface area contributed by atoms with Gasteiger partial charge in [0.25, 0.3) is 0 Å². The first-order valence-corrected chi connectivity index (χ1v) is 5.40. The Morgan fingerprint density at radius 3 is 2.67 bits per heavy atom. The molecule has 1 saturated carbocycles. The van der Waals surface area contributed by atoms with Gasteiger partial charge in [-0.15, -0.1) is 0 Å². The van der Waals surface area contributed by atoms with Crippen LogP contribution in [-0.2, 0) is 4.74 Å². The van der Waals surface area contributed by atoms with Gasteiger partial charge in [-0.25, -0.2) is 0 Å². The molecule has 0 unspecified atom stereocenters. The largest absolute Gasteiger partial charge is 0.486 e. The maximum Gasteiger partial charge on any atom is 0.140 e. The number of hydrogen-bond donors (Lipinski definition) is 1. The molecule has 1 aromatic carbocycles. The molecule has 2 N–H and O–H groups in total. The topological polar surface area (TPSA) is 44.5 Å². The van der Waals surface area contributed by atoms with Gasteiger partial charge in [-0.05, 0) is 25.5 Å². The van der Waals surface area contributed by atoms with Crippen LogP contribution in [-0.4, -0.2) is 24.9 Å². The summed E-state index contributed by atoms with van der Waals surface area (Å²) < 4.78 is 11.3. The molecule has 1 aromatic rings. The molecule has 1 aliphatic rings. The van der Waals surface area contributed by atoms with E-state index in [0.717, 1.165) is 12.2 Å². The fourth-order valence-corrected chi connectivity index (χ4v) is 1.81. The van der Waals surface area contributed by atoms with Crippen molar-refractivity contribution in [2.24, 2.45) is 5.73 Å². The molecule has 2 rings (SSSR count). The standard InChI is InChI=1S/C12H17NO2/c1-2-14-11-8-10(13)12(11)15-9-6-4-3-5-7-9/h3-7,10-12H,2,8,13H2,1H3/t10-,11-,12-/m0/s1. The number of rotatable bonds is 4. The van der Waals surface area contributed by atoms with Crippen molar-refractivity contribution in [3.05, 3.63) is 30.3 Å². The van der Waals surface area contributed by atoms with Gasteiger partial charge < -0.3 is 15.2 Å². The highest BCUT2D eigenvalue weighted by Crippen LogP contribution is 2.27. The lowest BCUT2D eigenvalue weighted by atomic mass is 9.86. The molecule has 1 fully saturated rings. The predicted molar refractivity (Wildman–Crippen MR) is 58.9 cm³/mol. The number of para-hydroxylation sites is 1. The monoisotopic (exact) mass is 207 g/mol. The van der Waals surface area contributed by atoms with Crippen molar-refractivity contribution in [3.63, 3.8) is 0 Å². The van der Waals surface area contributed by atoms with Gasteiger partial charge in [-0.3, -0.25) is 0 Å². The van der Waals surface area contributed by atoms with Crippen LogP contribution in [0.2, 0.25) is 0 Å². The molecular formula is C12H17NO2. The zero-order valence-corrected chi connectivity index (χ0v) is 8.93. The smallest absolute Gasteiger partial charge is 0.140 e. The van der Waals surface area contributed by atoms with E-state index in [1.807, 2.05) is 37.3 Å². The lowest BCUT2D eigenvalue weighted by Crippen LogP contribution is -2.59. The third kappa shape index (κ3) is 2.30. The van der Waals surface area contributed by atoms with Crippen LogP contribution in [0.4, 0.5) is 0 Å². The van der Waals surface area contributed by atoms with Crippen LogP contribution in [0.15, 0.2) is 30.3 Å². The molecule has 3 atom stereocenters. The summed E-state index contributed by atoms with van der Waals surface area (Å²) in [6.45, 7) is 2.70. The number of ether oxygens (including phenoxy) is 2. The first-order chi connectivity index (χ1) is 7.31. The highest BCUT2D eigenvalue weighted by atomic mass is 16.5. The minimum Gasteiger partial charge on any atom is -0.486 e. The van der Waals surface area contributed by atoms with Crippen molar-refractivity contribution in [1.29, 1.82) is 0 Å². The maximum atomic E-state index is 5.89. The summed E-state index contributed by atoms with van der Waals surface area (Å²) in [5.41, 5.74) is 5.89. The van der Waals surface area contributed by atoms with Crippen molar-refractivity contribution in [2.75, 3.05) is 6.61 Å². The highest BCUT2D eigenvalue weighted by Gasteiger charge is 2.41. The van der Waals surface area contributed by atoms with Crippen LogP contribution >= 0.6 is 0 Å². The van der Waals surface area contributed by atoms with Crippen molar-refractivity contribution in [1.82, 2.24) is 0 Å². The summed E-state index contributed by atoms with van der Waals surface area (Å²) in [5, 5.41) is 0. The van der Waals surface area contributed by atoms with Crippen molar-refractivity contribution in [2.45, 2.75) is 31.6 Å². The second-order valence-electron chi connectivity index (χ2n) is 3.79. The SMILES string of the molecule is CCO[C@H]1C[C@H](N)[C@@H]1Oc1ccccc1. The Balaban J connectivity index is 1.93. The van der Waals surface area contributed by atoms with E-state index in [4.69, 9.17) is 15.2 Å². The van der Waals surface area contributed by atoms with E-state index >= 15 is 0 Å². The predicted octanol–water partition coefficient (Wildman–Crippen LogP) is 1.57. The summed E-state index contributed by atoms with van der Waals surface area (Å²) in [7, 11) is 0. The van der Waals surface area contributed by atoms with E-state index in [1.54, 1.807) is 0 Å². The first kappa shape index (κ1) is 10.5. The van der Waals surface area contributed by atoms with Crippen LogP contribution in [0.5, 0.6) is 5.75 Å². The Morgan fingerprint density at radius 1 is 1.33 bits per heavy atom. The van der Waals surface area contributed by atoms with Crippen LogP contribution in [0.3, 0.4) is 0 Å². The Kier molecular flexibility index (Phi) is 3.23. The maximum absolute atomic E-state index is 5.89. The van der Waals surface area contributed by atoms with Crippen LogP contribution < -0.4 is 10.5 Å².